The Morgan fingerprint density at radius 3 is 2.24 bits per heavy atom. The van der Waals surface area contributed by atoms with Crippen molar-refractivity contribution in [3.05, 3.63) is 72.3 Å². The van der Waals surface area contributed by atoms with Gasteiger partial charge >= 0.3 is 0 Å². The fourth-order valence-corrected chi connectivity index (χ4v) is 5.06. The first-order valence-corrected chi connectivity index (χ1v) is 12.0. The second-order valence-electron chi connectivity index (χ2n) is 8.95. The second kappa shape index (κ2) is 9.57. The van der Waals surface area contributed by atoms with Crippen LogP contribution in [0.3, 0.4) is 0 Å². The molecule has 2 N–H and O–H groups in total. The molecule has 1 aliphatic carbocycles. The molecule has 2 aliphatic rings. The van der Waals surface area contributed by atoms with E-state index in [4.69, 9.17) is 4.98 Å². The molecule has 2 heterocycles. The van der Waals surface area contributed by atoms with Crippen LogP contribution >= 0.6 is 0 Å². The van der Waals surface area contributed by atoms with Gasteiger partial charge in [0.15, 0.2) is 0 Å². The Morgan fingerprint density at radius 1 is 0.818 bits per heavy atom. The summed E-state index contributed by atoms with van der Waals surface area (Å²) in [5, 5.41) is 8.47. The summed E-state index contributed by atoms with van der Waals surface area (Å²) in [5.74, 6) is -0.877. The van der Waals surface area contributed by atoms with Gasteiger partial charge in [-0.2, -0.15) is 0 Å². The number of pyridine rings is 1. The van der Waals surface area contributed by atoms with Crippen molar-refractivity contribution in [3.63, 3.8) is 0 Å². The Morgan fingerprint density at radius 2 is 1.48 bits per heavy atom. The van der Waals surface area contributed by atoms with E-state index >= 15 is 0 Å². The number of anilines is 1. The molecular weight excluding hydrogens is 410 g/mol. The quantitative estimate of drug-likeness (QED) is 0.261. The summed E-state index contributed by atoms with van der Waals surface area (Å²) >= 11 is 0. The number of hydrogen-bond acceptors (Lipinski definition) is 4. The number of aromatic nitrogens is 1. The van der Waals surface area contributed by atoms with Crippen LogP contribution in [0, 0.1) is 11.8 Å². The van der Waals surface area contributed by atoms with E-state index in [1.807, 2.05) is 30.4 Å². The lowest BCUT2D eigenvalue weighted by Crippen LogP contribution is -2.23. The number of imide groups is 1. The van der Waals surface area contributed by atoms with Crippen molar-refractivity contribution in [1.29, 1.82) is 0 Å². The maximum Gasteiger partial charge on any atom is 0.234 e. The van der Waals surface area contributed by atoms with Crippen molar-refractivity contribution in [2.24, 2.45) is 11.8 Å². The molecule has 168 valence electrons. The van der Waals surface area contributed by atoms with E-state index in [9.17, 15) is 9.59 Å². The van der Waals surface area contributed by atoms with E-state index in [-0.39, 0.29) is 23.7 Å². The Kier molecular flexibility index (Phi) is 6.20. The van der Waals surface area contributed by atoms with Crippen LogP contribution in [0.25, 0.3) is 21.8 Å². The zero-order chi connectivity index (χ0) is 22.6. The minimum atomic E-state index is -0.302. The second-order valence-corrected chi connectivity index (χ2v) is 8.95. The Balaban J connectivity index is 1.09. The summed E-state index contributed by atoms with van der Waals surface area (Å²) in [6.07, 6.45) is 12.3. The largest absolute Gasteiger partial charge is 0.384 e. The zero-order valence-corrected chi connectivity index (χ0v) is 18.7. The number of nitrogens with one attached hydrogen (secondary N) is 2. The van der Waals surface area contributed by atoms with Gasteiger partial charge in [-0.25, -0.2) is 4.98 Å². The fourth-order valence-electron chi connectivity index (χ4n) is 5.06. The molecule has 0 radical (unpaired) electrons. The molecule has 5 heteroatoms. The first-order chi connectivity index (χ1) is 16.2. The number of rotatable bonds is 9. The monoisotopic (exact) mass is 439 g/mol. The lowest BCUT2D eigenvalue weighted by molar-refractivity contribution is -0.125. The summed E-state index contributed by atoms with van der Waals surface area (Å²) < 4.78 is 0. The predicted octanol–water partition coefficient (Wildman–Crippen LogP) is 5.53. The molecule has 2 amide bonds. The highest BCUT2D eigenvalue weighted by Gasteiger charge is 2.42. The molecule has 5 nitrogen and oxygen atoms in total. The molecule has 2 atom stereocenters. The van der Waals surface area contributed by atoms with Gasteiger partial charge in [0.05, 0.1) is 28.6 Å². The summed E-state index contributed by atoms with van der Waals surface area (Å²) in [6, 6.07) is 16.6. The third-order valence-corrected chi connectivity index (χ3v) is 6.75. The van der Waals surface area contributed by atoms with Crippen LogP contribution in [0.15, 0.2) is 72.3 Å². The normalized spacial score (nSPS) is 19.6. The highest BCUT2D eigenvalue weighted by Crippen LogP contribution is 2.34. The highest BCUT2D eigenvalue weighted by molar-refractivity contribution is 6.08. The standard InChI is InChI=1S/C28H29N3O2/c32-27-22-15-10-12-19(25(22)28(33)31-27)11-4-2-1-3-9-18-29-26-20-13-5-7-16-23(20)30-24-17-8-6-14-21(24)26/h5-8,10,12-17,22,25H,1-4,9,11,18H2,(H,29,30)(H,31,32,33). The minimum Gasteiger partial charge on any atom is -0.384 e. The zero-order valence-electron chi connectivity index (χ0n) is 18.7. The number of benzene rings is 2. The molecule has 1 saturated heterocycles. The van der Waals surface area contributed by atoms with Crippen LogP contribution in [0.1, 0.15) is 38.5 Å². The maximum absolute atomic E-state index is 12.1. The molecule has 2 unspecified atom stereocenters. The van der Waals surface area contributed by atoms with Crippen molar-refractivity contribution >= 4 is 39.3 Å². The Hall–Kier alpha value is -3.47. The van der Waals surface area contributed by atoms with E-state index in [0.717, 1.165) is 55.3 Å². The van der Waals surface area contributed by atoms with Gasteiger partial charge in [-0.1, -0.05) is 79.5 Å². The van der Waals surface area contributed by atoms with Gasteiger partial charge in [-0.05, 0) is 31.4 Å². The predicted molar refractivity (Wildman–Crippen MR) is 133 cm³/mol. The van der Waals surface area contributed by atoms with Crippen LogP contribution in [-0.4, -0.2) is 23.3 Å². The number of allylic oxidation sites excluding steroid dienone is 2. The number of para-hydroxylation sites is 2. The lowest BCUT2D eigenvalue weighted by atomic mass is 9.82. The minimum absolute atomic E-state index is 0.136. The van der Waals surface area contributed by atoms with Crippen LogP contribution in [0.4, 0.5) is 5.69 Å². The van der Waals surface area contributed by atoms with E-state index in [2.05, 4.69) is 47.0 Å². The molecular formula is C28H29N3O2. The first kappa shape index (κ1) is 21.4. The number of unbranched alkanes of at least 4 members (excludes halogenated alkanes) is 4. The number of fused-ring (bicyclic) bond motifs is 3. The summed E-state index contributed by atoms with van der Waals surface area (Å²) in [4.78, 5) is 28.8. The van der Waals surface area contributed by atoms with Gasteiger partial charge in [0, 0.05) is 17.3 Å². The third kappa shape index (κ3) is 4.40. The van der Waals surface area contributed by atoms with Gasteiger partial charge in [0.2, 0.25) is 11.8 Å². The number of nitrogens with zero attached hydrogens (tertiary/aromatic N) is 1. The average Bonchev–Trinajstić information content (AvgIpc) is 3.14. The number of hydrogen-bond donors (Lipinski definition) is 2. The van der Waals surface area contributed by atoms with Gasteiger partial charge in [-0.15, -0.1) is 0 Å². The van der Waals surface area contributed by atoms with Crippen molar-refractivity contribution in [2.45, 2.75) is 38.5 Å². The van der Waals surface area contributed by atoms with E-state index in [0.29, 0.717) is 0 Å². The molecule has 0 saturated carbocycles. The molecule has 1 aliphatic heterocycles. The van der Waals surface area contributed by atoms with E-state index < -0.39 is 0 Å². The van der Waals surface area contributed by atoms with Crippen molar-refractivity contribution in [2.75, 3.05) is 11.9 Å². The van der Waals surface area contributed by atoms with Gasteiger partial charge in [-0.3, -0.25) is 14.9 Å². The van der Waals surface area contributed by atoms with E-state index in [1.165, 1.54) is 22.9 Å². The first-order valence-electron chi connectivity index (χ1n) is 12.0. The summed E-state index contributed by atoms with van der Waals surface area (Å²) in [5.41, 5.74) is 4.31. The lowest BCUT2D eigenvalue weighted by Gasteiger charge is -2.19. The van der Waals surface area contributed by atoms with Gasteiger partial charge in [0.25, 0.3) is 0 Å². The molecule has 1 fully saturated rings. The summed E-state index contributed by atoms with van der Waals surface area (Å²) in [6.45, 7) is 0.931. The Labute approximate surface area is 194 Å². The average molecular weight is 440 g/mol. The van der Waals surface area contributed by atoms with Crippen molar-refractivity contribution in [3.8, 4) is 0 Å². The van der Waals surface area contributed by atoms with Crippen LogP contribution in [0.2, 0.25) is 0 Å². The van der Waals surface area contributed by atoms with Crippen LogP contribution < -0.4 is 10.6 Å². The third-order valence-electron chi connectivity index (χ3n) is 6.75. The van der Waals surface area contributed by atoms with Crippen LogP contribution in [-0.2, 0) is 9.59 Å². The summed E-state index contributed by atoms with van der Waals surface area (Å²) in [7, 11) is 0. The van der Waals surface area contributed by atoms with Crippen molar-refractivity contribution in [1.82, 2.24) is 10.3 Å². The smallest absolute Gasteiger partial charge is 0.234 e. The fraction of sp³-hybridized carbons (Fsp3) is 0.321. The van der Waals surface area contributed by atoms with E-state index in [1.54, 1.807) is 0 Å². The van der Waals surface area contributed by atoms with Gasteiger partial charge < -0.3 is 5.32 Å². The van der Waals surface area contributed by atoms with Crippen molar-refractivity contribution < 1.29 is 9.59 Å². The molecule has 1 aromatic heterocycles. The molecule has 0 bridgehead atoms. The van der Waals surface area contributed by atoms with Gasteiger partial charge in [0.1, 0.15) is 0 Å². The topological polar surface area (TPSA) is 71.1 Å². The number of amides is 2. The number of carbonyl (C=O) groups excluding carboxylic acids is 2. The highest BCUT2D eigenvalue weighted by atomic mass is 16.2. The van der Waals surface area contributed by atoms with Crippen LogP contribution in [0.5, 0.6) is 0 Å². The maximum atomic E-state index is 12.1. The SMILES string of the molecule is O=C1NC(=O)C2C(CCCCCCCNc3c4ccccc4nc4ccccc34)=CC=CC12. The molecule has 2 aromatic carbocycles. The molecule has 5 rings (SSSR count). The molecule has 0 spiro atoms. The Bertz CT molecular complexity index is 1210. The number of carbonyl (C=O) groups is 2. The molecule has 3 aromatic rings. The molecule has 33 heavy (non-hydrogen) atoms.